The molecule has 1 aliphatic heterocycles. The molecule has 0 radical (unpaired) electrons. The highest BCUT2D eigenvalue weighted by Crippen LogP contribution is 2.46. The standard InChI is InChI=1S/C12H17N/c1-12(2)9-13(3)11(12)10-7-5-4-6-8-10/h4-8,11H,9H2,1-3H3. The van der Waals surface area contributed by atoms with Crippen molar-refractivity contribution in [2.45, 2.75) is 19.9 Å². The van der Waals surface area contributed by atoms with Crippen LogP contribution in [0.2, 0.25) is 0 Å². The van der Waals surface area contributed by atoms with Crippen molar-refractivity contribution in [3.8, 4) is 0 Å². The Morgan fingerprint density at radius 1 is 1.23 bits per heavy atom. The predicted molar refractivity (Wildman–Crippen MR) is 55.6 cm³/mol. The Hall–Kier alpha value is -0.820. The minimum atomic E-state index is 0.441. The summed E-state index contributed by atoms with van der Waals surface area (Å²) in [5.74, 6) is 0. The molecule has 0 spiro atoms. The van der Waals surface area contributed by atoms with Gasteiger partial charge in [0.05, 0.1) is 0 Å². The molecule has 1 nitrogen and oxygen atoms in total. The van der Waals surface area contributed by atoms with Gasteiger partial charge in [-0.1, -0.05) is 44.2 Å². The van der Waals surface area contributed by atoms with E-state index in [1.54, 1.807) is 0 Å². The lowest BCUT2D eigenvalue weighted by Crippen LogP contribution is -2.53. The van der Waals surface area contributed by atoms with E-state index >= 15 is 0 Å². The van der Waals surface area contributed by atoms with Gasteiger partial charge in [0.2, 0.25) is 0 Å². The Kier molecular flexibility index (Phi) is 1.92. The minimum Gasteiger partial charge on any atom is -0.298 e. The van der Waals surface area contributed by atoms with Crippen LogP contribution in [0.3, 0.4) is 0 Å². The van der Waals surface area contributed by atoms with E-state index in [-0.39, 0.29) is 0 Å². The van der Waals surface area contributed by atoms with Crippen molar-refractivity contribution in [3.05, 3.63) is 35.9 Å². The van der Waals surface area contributed by atoms with Crippen molar-refractivity contribution in [1.29, 1.82) is 0 Å². The summed E-state index contributed by atoms with van der Waals surface area (Å²) in [4.78, 5) is 2.41. The average Bonchev–Trinajstić information content (AvgIpc) is 2.04. The van der Waals surface area contributed by atoms with Crippen LogP contribution in [0.25, 0.3) is 0 Å². The zero-order valence-electron chi connectivity index (χ0n) is 8.62. The van der Waals surface area contributed by atoms with Crippen LogP contribution in [-0.2, 0) is 0 Å². The summed E-state index contributed by atoms with van der Waals surface area (Å²) < 4.78 is 0. The molecule has 0 N–H and O–H groups in total. The monoisotopic (exact) mass is 175 g/mol. The zero-order valence-corrected chi connectivity index (χ0v) is 8.62. The van der Waals surface area contributed by atoms with Gasteiger partial charge in [-0.2, -0.15) is 0 Å². The molecule has 1 aliphatic rings. The molecule has 1 aromatic carbocycles. The van der Waals surface area contributed by atoms with Gasteiger partial charge in [-0.05, 0) is 18.0 Å². The van der Waals surface area contributed by atoms with Crippen molar-refractivity contribution >= 4 is 0 Å². The second-order valence-electron chi connectivity index (χ2n) is 4.72. The fraction of sp³-hybridized carbons (Fsp3) is 0.500. The molecule has 0 aromatic heterocycles. The maximum Gasteiger partial charge on any atom is 0.0408 e. The van der Waals surface area contributed by atoms with Gasteiger partial charge in [-0.15, -0.1) is 0 Å². The number of hydrogen-bond acceptors (Lipinski definition) is 1. The summed E-state index contributed by atoms with van der Waals surface area (Å²) in [5, 5.41) is 0. The fourth-order valence-electron chi connectivity index (χ4n) is 2.65. The lowest BCUT2D eigenvalue weighted by Gasteiger charge is -2.53. The Balaban J connectivity index is 2.27. The molecule has 0 bridgehead atoms. The van der Waals surface area contributed by atoms with Gasteiger partial charge < -0.3 is 0 Å². The van der Waals surface area contributed by atoms with E-state index in [1.165, 1.54) is 12.1 Å². The Morgan fingerprint density at radius 3 is 2.31 bits per heavy atom. The molecular formula is C12H17N. The second-order valence-corrected chi connectivity index (χ2v) is 4.72. The van der Waals surface area contributed by atoms with Crippen molar-refractivity contribution in [3.63, 3.8) is 0 Å². The third-order valence-electron chi connectivity index (χ3n) is 2.95. The van der Waals surface area contributed by atoms with Crippen LogP contribution < -0.4 is 0 Å². The van der Waals surface area contributed by atoms with Gasteiger partial charge in [0, 0.05) is 12.6 Å². The largest absolute Gasteiger partial charge is 0.298 e. The topological polar surface area (TPSA) is 3.24 Å². The van der Waals surface area contributed by atoms with E-state index in [9.17, 15) is 0 Å². The SMILES string of the molecule is CN1CC(C)(C)C1c1ccccc1. The summed E-state index contributed by atoms with van der Waals surface area (Å²) in [5.41, 5.74) is 1.89. The van der Waals surface area contributed by atoms with Crippen LogP contribution in [0.1, 0.15) is 25.5 Å². The highest BCUT2D eigenvalue weighted by Gasteiger charge is 2.43. The van der Waals surface area contributed by atoms with E-state index in [0.717, 1.165) is 0 Å². The Bertz CT molecular complexity index is 289. The van der Waals surface area contributed by atoms with E-state index in [4.69, 9.17) is 0 Å². The smallest absolute Gasteiger partial charge is 0.0408 e. The second kappa shape index (κ2) is 2.85. The first kappa shape index (κ1) is 8.76. The van der Waals surface area contributed by atoms with E-state index in [2.05, 4.69) is 56.1 Å². The molecule has 1 aromatic rings. The highest BCUT2D eigenvalue weighted by atomic mass is 15.2. The molecule has 1 atom stereocenters. The molecule has 0 saturated carbocycles. The molecule has 1 saturated heterocycles. The highest BCUT2D eigenvalue weighted by molar-refractivity contribution is 5.24. The van der Waals surface area contributed by atoms with Gasteiger partial charge in [0.1, 0.15) is 0 Å². The summed E-state index contributed by atoms with van der Waals surface area (Å²) in [7, 11) is 2.20. The van der Waals surface area contributed by atoms with Gasteiger partial charge in [0.15, 0.2) is 0 Å². The molecule has 0 amide bonds. The predicted octanol–water partition coefficient (Wildman–Crippen LogP) is 2.70. The maximum atomic E-state index is 2.41. The van der Waals surface area contributed by atoms with Gasteiger partial charge >= 0.3 is 0 Å². The van der Waals surface area contributed by atoms with Crippen LogP contribution in [0, 0.1) is 5.41 Å². The number of benzene rings is 1. The molecule has 0 aliphatic carbocycles. The van der Waals surface area contributed by atoms with Crippen molar-refractivity contribution in [2.75, 3.05) is 13.6 Å². The normalized spacial score (nSPS) is 26.8. The van der Waals surface area contributed by atoms with Crippen molar-refractivity contribution < 1.29 is 0 Å². The number of hydrogen-bond donors (Lipinski definition) is 0. The van der Waals surface area contributed by atoms with Crippen LogP contribution in [0.15, 0.2) is 30.3 Å². The number of rotatable bonds is 1. The third-order valence-corrected chi connectivity index (χ3v) is 2.95. The van der Waals surface area contributed by atoms with Crippen molar-refractivity contribution in [2.24, 2.45) is 5.41 Å². The van der Waals surface area contributed by atoms with E-state index in [1.807, 2.05) is 0 Å². The molecule has 13 heavy (non-hydrogen) atoms. The van der Waals surface area contributed by atoms with Crippen molar-refractivity contribution in [1.82, 2.24) is 4.90 Å². The quantitative estimate of drug-likeness (QED) is 0.634. The Labute approximate surface area is 80.4 Å². The van der Waals surface area contributed by atoms with Gasteiger partial charge in [0.25, 0.3) is 0 Å². The number of likely N-dealkylation sites (tertiary alicyclic amines) is 1. The lowest BCUT2D eigenvalue weighted by atomic mass is 9.72. The fourth-order valence-corrected chi connectivity index (χ4v) is 2.65. The van der Waals surface area contributed by atoms with E-state index in [0.29, 0.717) is 11.5 Å². The van der Waals surface area contributed by atoms with Crippen LogP contribution in [0.4, 0.5) is 0 Å². The summed E-state index contributed by atoms with van der Waals surface area (Å²) in [6.07, 6.45) is 0. The summed E-state index contributed by atoms with van der Waals surface area (Å²) in [6.45, 7) is 5.88. The third kappa shape index (κ3) is 1.37. The summed E-state index contributed by atoms with van der Waals surface area (Å²) in [6, 6.07) is 11.4. The van der Waals surface area contributed by atoms with Gasteiger partial charge in [-0.3, -0.25) is 4.90 Å². The minimum absolute atomic E-state index is 0.441. The van der Waals surface area contributed by atoms with Gasteiger partial charge in [-0.25, -0.2) is 0 Å². The zero-order chi connectivity index (χ0) is 9.47. The first-order valence-corrected chi connectivity index (χ1v) is 4.86. The maximum absolute atomic E-state index is 2.41. The molecule has 1 heterocycles. The molecule has 1 unspecified atom stereocenters. The number of nitrogens with zero attached hydrogens (tertiary/aromatic N) is 1. The summed E-state index contributed by atoms with van der Waals surface area (Å²) >= 11 is 0. The first-order valence-electron chi connectivity index (χ1n) is 4.86. The lowest BCUT2D eigenvalue weighted by molar-refractivity contribution is -0.0307. The molecular weight excluding hydrogens is 158 g/mol. The first-order chi connectivity index (χ1) is 6.11. The molecule has 1 fully saturated rings. The average molecular weight is 175 g/mol. The van der Waals surface area contributed by atoms with Crippen LogP contribution >= 0.6 is 0 Å². The molecule has 70 valence electrons. The Morgan fingerprint density at radius 2 is 1.85 bits per heavy atom. The molecule has 1 heteroatoms. The van der Waals surface area contributed by atoms with Crippen LogP contribution in [-0.4, -0.2) is 18.5 Å². The molecule has 2 rings (SSSR count). The van der Waals surface area contributed by atoms with Crippen LogP contribution in [0.5, 0.6) is 0 Å². The van der Waals surface area contributed by atoms with E-state index < -0.39 is 0 Å².